The molecule has 1 aromatic carbocycles. The molecule has 1 rings (SSSR count). The van der Waals surface area contributed by atoms with Crippen molar-refractivity contribution in [3.05, 3.63) is 54.2 Å². The van der Waals surface area contributed by atoms with Crippen LogP contribution in [0.15, 0.2) is 53.6 Å². The minimum Gasteiger partial charge on any atom is -0.470 e. The molecule has 2 amide bonds. The molecule has 0 aliphatic heterocycles. The number of aliphatic imine (C=N–C) groups is 1. The van der Waals surface area contributed by atoms with E-state index in [1.807, 2.05) is 10.6 Å². The Morgan fingerprint density at radius 3 is 1.89 bits per heavy atom. The van der Waals surface area contributed by atoms with E-state index in [0.717, 1.165) is 0 Å². The van der Waals surface area contributed by atoms with Crippen LogP contribution in [0.5, 0.6) is 0 Å². The van der Waals surface area contributed by atoms with Crippen LogP contribution < -0.4 is 16.4 Å². The average Bonchev–Trinajstić information content (AvgIpc) is 2.69. The number of nitrogens with zero attached hydrogens (tertiary/aromatic N) is 1. The van der Waals surface area contributed by atoms with Crippen LogP contribution in [0.4, 0.5) is 58.8 Å². The van der Waals surface area contributed by atoms with Gasteiger partial charge in [0, 0.05) is 11.3 Å². The van der Waals surface area contributed by atoms with Gasteiger partial charge >= 0.3 is 30.5 Å². The molecular formula is C18H15F11N4O3. The minimum absolute atomic E-state index is 0.288. The zero-order chi connectivity index (χ0) is 27.9. The summed E-state index contributed by atoms with van der Waals surface area (Å²) in [7, 11) is 0. The smallest absolute Gasteiger partial charge is 0.458 e. The van der Waals surface area contributed by atoms with Crippen LogP contribution in [0.25, 0.3) is 0 Å². The van der Waals surface area contributed by atoms with E-state index in [-0.39, 0.29) is 5.69 Å². The zero-order valence-corrected chi connectivity index (χ0v) is 17.4. The van der Waals surface area contributed by atoms with Gasteiger partial charge in [0.15, 0.2) is 19.1 Å². The fourth-order valence-corrected chi connectivity index (χ4v) is 1.97. The van der Waals surface area contributed by atoms with Crippen molar-refractivity contribution < 1.29 is 62.6 Å². The number of rotatable bonds is 8. The second-order valence-electron chi connectivity index (χ2n) is 6.48. The first-order valence-corrected chi connectivity index (χ1v) is 8.96. The van der Waals surface area contributed by atoms with E-state index in [2.05, 4.69) is 21.0 Å². The van der Waals surface area contributed by atoms with Crippen molar-refractivity contribution in [1.29, 1.82) is 0 Å². The highest BCUT2D eigenvalue weighted by molar-refractivity contribution is 5.92. The first-order valence-electron chi connectivity index (χ1n) is 8.96. The molecule has 0 unspecified atom stereocenters. The van der Waals surface area contributed by atoms with Crippen molar-refractivity contribution in [2.45, 2.75) is 24.5 Å². The van der Waals surface area contributed by atoms with E-state index in [1.54, 1.807) is 0 Å². The molecule has 0 aromatic heterocycles. The van der Waals surface area contributed by atoms with Crippen LogP contribution >= 0.6 is 0 Å². The van der Waals surface area contributed by atoms with Crippen molar-refractivity contribution in [3.8, 4) is 0 Å². The number of nitrogens with one attached hydrogen (secondary N) is 2. The predicted molar refractivity (Wildman–Crippen MR) is 101 cm³/mol. The third-order valence-corrected chi connectivity index (χ3v) is 3.42. The molecule has 0 fully saturated rings. The number of carbonyl (C=O) groups is 1. The quantitative estimate of drug-likeness (QED) is 0.179. The Hall–Kier alpha value is -3.73. The van der Waals surface area contributed by atoms with Crippen LogP contribution in [-0.4, -0.2) is 43.7 Å². The Balaban J connectivity index is 2.91. The summed E-state index contributed by atoms with van der Waals surface area (Å²) in [4.78, 5) is 15.2. The van der Waals surface area contributed by atoms with Gasteiger partial charge in [-0.2, -0.15) is 53.3 Å². The number of anilines is 1. The lowest BCUT2D eigenvalue weighted by atomic mass is 10.1. The molecule has 7 nitrogen and oxygen atoms in total. The topological polar surface area (TPSA) is 98.0 Å². The molecule has 0 spiro atoms. The lowest BCUT2D eigenvalue weighted by Gasteiger charge is -2.20. The third kappa shape index (κ3) is 10.7. The standard InChI is InChI=1S/C18H15F11N4O3/c1-9(31-13(36-8-16(22,23)24)6-12(30)35-7-15(19,20)21)32-14(34)33-11-4-2-10(3-5-11)17(25,26)18(27,28)29/h2-6H,1,7-8,30H2,(H2,32,33,34)/b12-6+,31-13+. The Morgan fingerprint density at radius 1 is 0.917 bits per heavy atom. The zero-order valence-electron chi connectivity index (χ0n) is 17.4. The van der Waals surface area contributed by atoms with Gasteiger partial charge in [-0.15, -0.1) is 0 Å². The first kappa shape index (κ1) is 30.3. The van der Waals surface area contributed by atoms with E-state index in [9.17, 15) is 53.1 Å². The normalized spacial score (nSPS) is 13.8. The van der Waals surface area contributed by atoms with E-state index in [0.29, 0.717) is 30.3 Å². The van der Waals surface area contributed by atoms with E-state index < -0.39 is 66.9 Å². The molecule has 1 aromatic rings. The Kier molecular flexibility index (Phi) is 9.54. The average molecular weight is 544 g/mol. The summed E-state index contributed by atoms with van der Waals surface area (Å²) in [5.41, 5.74) is 3.41. The van der Waals surface area contributed by atoms with Crippen LogP contribution in [0.3, 0.4) is 0 Å². The van der Waals surface area contributed by atoms with Gasteiger partial charge in [-0.1, -0.05) is 18.7 Å². The summed E-state index contributed by atoms with van der Waals surface area (Å²) in [6, 6.07) is 0.917. The monoisotopic (exact) mass is 544 g/mol. The molecular weight excluding hydrogens is 529 g/mol. The predicted octanol–water partition coefficient (Wildman–Crippen LogP) is 5.29. The van der Waals surface area contributed by atoms with Crippen LogP contribution in [-0.2, 0) is 15.4 Å². The minimum atomic E-state index is -5.86. The maximum atomic E-state index is 13.3. The molecule has 0 aliphatic carbocycles. The largest absolute Gasteiger partial charge is 0.470 e. The summed E-state index contributed by atoms with van der Waals surface area (Å²) >= 11 is 0. The maximum Gasteiger partial charge on any atom is 0.458 e. The highest BCUT2D eigenvalue weighted by Gasteiger charge is 2.58. The second-order valence-corrected chi connectivity index (χ2v) is 6.48. The Morgan fingerprint density at radius 2 is 1.42 bits per heavy atom. The molecule has 0 atom stereocenters. The Labute approximate surface area is 194 Å². The lowest BCUT2D eigenvalue weighted by Crippen LogP contribution is -2.33. The van der Waals surface area contributed by atoms with Crippen LogP contribution in [0.2, 0.25) is 0 Å². The molecule has 4 N–H and O–H groups in total. The SMILES string of the molecule is C=C(/N=C(\C=C(/N)OCC(F)(F)F)OCC(F)(F)F)NC(=O)Nc1ccc(C(F)(F)C(F)(F)F)cc1. The number of hydrogen-bond acceptors (Lipinski definition) is 5. The molecule has 0 aliphatic rings. The number of hydrogen-bond donors (Lipinski definition) is 3. The highest BCUT2D eigenvalue weighted by Crippen LogP contribution is 2.43. The van der Waals surface area contributed by atoms with Gasteiger partial charge in [0.05, 0.1) is 6.08 Å². The number of nitrogens with two attached hydrogens (primary N) is 1. The van der Waals surface area contributed by atoms with Crippen LogP contribution in [0.1, 0.15) is 5.56 Å². The van der Waals surface area contributed by atoms with Crippen molar-refractivity contribution in [2.24, 2.45) is 10.7 Å². The first-order chi connectivity index (χ1) is 16.2. The third-order valence-electron chi connectivity index (χ3n) is 3.42. The summed E-state index contributed by atoms with van der Waals surface area (Å²) in [6.07, 6.45) is -15.3. The van der Waals surface area contributed by atoms with E-state index >= 15 is 0 Å². The molecule has 0 saturated carbocycles. The van der Waals surface area contributed by atoms with Gasteiger partial charge < -0.3 is 20.5 Å². The fraction of sp³-hybridized carbons (Fsp3) is 0.333. The number of carbonyl (C=O) groups excluding carboxylic acids is 1. The van der Waals surface area contributed by atoms with Gasteiger partial charge in [0.25, 0.3) is 0 Å². The summed E-state index contributed by atoms with van der Waals surface area (Å²) in [6.45, 7) is -0.710. The molecule has 0 saturated heterocycles. The molecule has 36 heavy (non-hydrogen) atoms. The van der Waals surface area contributed by atoms with Crippen molar-refractivity contribution in [2.75, 3.05) is 18.5 Å². The summed E-state index contributed by atoms with van der Waals surface area (Å²) in [5.74, 6) is -8.04. The highest BCUT2D eigenvalue weighted by atomic mass is 19.4. The van der Waals surface area contributed by atoms with Crippen molar-refractivity contribution >= 4 is 17.6 Å². The van der Waals surface area contributed by atoms with Crippen LogP contribution in [0, 0.1) is 0 Å². The maximum absolute atomic E-state index is 13.3. The van der Waals surface area contributed by atoms with E-state index in [4.69, 9.17) is 5.73 Å². The van der Waals surface area contributed by atoms with E-state index in [1.165, 1.54) is 0 Å². The number of halogens is 11. The molecule has 202 valence electrons. The van der Waals surface area contributed by atoms with Gasteiger partial charge in [-0.25, -0.2) is 4.79 Å². The van der Waals surface area contributed by atoms with Gasteiger partial charge in [-0.3, -0.25) is 5.32 Å². The lowest BCUT2D eigenvalue weighted by molar-refractivity contribution is -0.289. The fourth-order valence-electron chi connectivity index (χ4n) is 1.97. The molecule has 0 bridgehead atoms. The molecule has 18 heteroatoms. The summed E-state index contributed by atoms with van der Waals surface area (Å²) in [5, 5.41) is 3.82. The number of urea groups is 1. The summed E-state index contributed by atoms with van der Waals surface area (Å²) < 4.78 is 146. The Bertz CT molecular complexity index is 982. The number of alkyl halides is 11. The van der Waals surface area contributed by atoms with Gasteiger partial charge in [0.1, 0.15) is 5.82 Å². The number of benzene rings is 1. The number of amides is 2. The number of ether oxygens (including phenoxy) is 2. The van der Waals surface area contributed by atoms with Crippen molar-refractivity contribution in [3.63, 3.8) is 0 Å². The molecule has 0 heterocycles. The second kappa shape index (κ2) is 11.3. The van der Waals surface area contributed by atoms with Crippen molar-refractivity contribution in [1.82, 2.24) is 5.32 Å². The van der Waals surface area contributed by atoms with Gasteiger partial charge in [-0.05, 0) is 12.1 Å². The van der Waals surface area contributed by atoms with Gasteiger partial charge in [0.2, 0.25) is 5.90 Å². The molecule has 0 radical (unpaired) electrons.